The zero-order chi connectivity index (χ0) is 13.9. The van der Waals surface area contributed by atoms with Gasteiger partial charge in [0.15, 0.2) is 0 Å². The van der Waals surface area contributed by atoms with E-state index >= 15 is 0 Å². The molecule has 2 atom stereocenters. The van der Waals surface area contributed by atoms with E-state index in [1.807, 2.05) is 27.7 Å². The van der Waals surface area contributed by atoms with Crippen LogP contribution in [0.5, 0.6) is 0 Å². The van der Waals surface area contributed by atoms with Crippen molar-refractivity contribution in [2.75, 3.05) is 6.54 Å². The van der Waals surface area contributed by atoms with Gasteiger partial charge in [-0.25, -0.2) is 0 Å². The molecule has 0 spiro atoms. The molecule has 4 heteroatoms. The van der Waals surface area contributed by atoms with Gasteiger partial charge in [-0.05, 0) is 41.5 Å². The summed E-state index contributed by atoms with van der Waals surface area (Å²) in [4.78, 5) is 14.3. The van der Waals surface area contributed by atoms with E-state index in [-0.39, 0.29) is 30.3 Å². The number of hydrogen-bond acceptors (Lipinski definition) is 4. The molecule has 1 heterocycles. The van der Waals surface area contributed by atoms with Crippen LogP contribution in [0.3, 0.4) is 0 Å². The molecule has 0 aromatic heterocycles. The Morgan fingerprint density at radius 3 is 2.17 bits per heavy atom. The van der Waals surface area contributed by atoms with Crippen LogP contribution in [0.1, 0.15) is 48.0 Å². The van der Waals surface area contributed by atoms with Crippen LogP contribution >= 0.6 is 0 Å². The number of carbonyl (C=O) groups is 1. The number of rotatable bonds is 5. The maximum atomic E-state index is 12.1. The predicted molar refractivity (Wildman–Crippen MR) is 71.5 cm³/mol. The first kappa shape index (κ1) is 15.4. The summed E-state index contributed by atoms with van der Waals surface area (Å²) in [6.07, 6.45) is 1.01. The third-order valence-electron chi connectivity index (χ3n) is 3.05. The fraction of sp³-hybridized carbons (Fsp3) is 0.929. The molecule has 4 nitrogen and oxygen atoms in total. The average molecular weight is 257 g/mol. The van der Waals surface area contributed by atoms with Crippen molar-refractivity contribution in [2.24, 2.45) is 0 Å². The van der Waals surface area contributed by atoms with Crippen LogP contribution in [-0.2, 0) is 14.3 Å². The molecule has 1 aliphatic rings. The molecule has 0 bridgehead atoms. The molecule has 0 saturated carbocycles. The van der Waals surface area contributed by atoms with Crippen molar-refractivity contribution in [3.8, 4) is 0 Å². The minimum absolute atomic E-state index is 0.0587. The van der Waals surface area contributed by atoms with E-state index in [2.05, 4.69) is 18.7 Å². The van der Waals surface area contributed by atoms with Crippen molar-refractivity contribution in [1.29, 1.82) is 0 Å². The number of carbonyl (C=O) groups excluding carboxylic acids is 1. The Morgan fingerprint density at radius 1 is 1.11 bits per heavy atom. The van der Waals surface area contributed by atoms with E-state index < -0.39 is 0 Å². The van der Waals surface area contributed by atoms with Gasteiger partial charge < -0.3 is 9.47 Å². The van der Waals surface area contributed by atoms with Crippen molar-refractivity contribution >= 4 is 5.97 Å². The third-order valence-corrected chi connectivity index (χ3v) is 3.05. The first-order valence-electron chi connectivity index (χ1n) is 6.93. The van der Waals surface area contributed by atoms with Crippen LogP contribution < -0.4 is 0 Å². The van der Waals surface area contributed by atoms with Crippen LogP contribution in [0.2, 0.25) is 0 Å². The maximum Gasteiger partial charge on any atom is 0.323 e. The summed E-state index contributed by atoms with van der Waals surface area (Å²) in [6.45, 7) is 12.8. The summed E-state index contributed by atoms with van der Waals surface area (Å²) < 4.78 is 11.2. The van der Waals surface area contributed by atoms with Gasteiger partial charge in [0.25, 0.3) is 0 Å². The highest BCUT2D eigenvalue weighted by atomic mass is 16.5. The van der Waals surface area contributed by atoms with Gasteiger partial charge in [-0.3, -0.25) is 9.69 Å². The number of hydrogen-bond donors (Lipinski definition) is 0. The lowest BCUT2D eigenvalue weighted by molar-refractivity contribution is -0.153. The number of ether oxygens (including phenoxy) is 2. The minimum Gasteiger partial charge on any atom is -0.462 e. The van der Waals surface area contributed by atoms with Crippen LogP contribution in [0.15, 0.2) is 0 Å². The molecule has 0 radical (unpaired) electrons. The molecule has 2 unspecified atom stereocenters. The molecule has 0 N–H and O–H groups in total. The Bertz CT molecular complexity index is 276. The smallest absolute Gasteiger partial charge is 0.323 e. The summed E-state index contributed by atoms with van der Waals surface area (Å²) in [6, 6.07) is 0.173. The molecule has 0 aromatic rings. The van der Waals surface area contributed by atoms with Crippen molar-refractivity contribution in [3.63, 3.8) is 0 Å². The number of esters is 1. The molecule has 1 aliphatic heterocycles. The van der Waals surface area contributed by atoms with E-state index in [0.717, 1.165) is 13.0 Å². The maximum absolute atomic E-state index is 12.1. The molecular formula is C14H27NO3. The van der Waals surface area contributed by atoms with Crippen molar-refractivity contribution in [2.45, 2.75) is 78.4 Å². The van der Waals surface area contributed by atoms with E-state index in [4.69, 9.17) is 9.47 Å². The summed E-state index contributed by atoms with van der Waals surface area (Å²) in [7, 11) is 0. The van der Waals surface area contributed by atoms with Gasteiger partial charge in [0.2, 0.25) is 0 Å². The van der Waals surface area contributed by atoms with Crippen molar-refractivity contribution in [3.05, 3.63) is 0 Å². The Balaban J connectivity index is 2.66. The molecule has 0 amide bonds. The summed E-state index contributed by atoms with van der Waals surface area (Å²) in [5, 5.41) is 0. The third kappa shape index (κ3) is 4.25. The Hall–Kier alpha value is -0.610. The molecular weight excluding hydrogens is 230 g/mol. The van der Waals surface area contributed by atoms with Gasteiger partial charge in [-0.2, -0.15) is 0 Å². The second-order valence-corrected chi connectivity index (χ2v) is 5.83. The molecule has 106 valence electrons. The van der Waals surface area contributed by atoms with Gasteiger partial charge in [0.05, 0.1) is 18.3 Å². The van der Waals surface area contributed by atoms with Crippen LogP contribution in [0.4, 0.5) is 0 Å². The lowest BCUT2D eigenvalue weighted by Gasteiger charge is -2.27. The zero-order valence-electron chi connectivity index (χ0n) is 12.5. The van der Waals surface area contributed by atoms with Crippen molar-refractivity contribution in [1.82, 2.24) is 4.90 Å². The molecule has 18 heavy (non-hydrogen) atoms. The molecule has 1 saturated heterocycles. The summed E-state index contributed by atoms with van der Waals surface area (Å²) in [5.41, 5.74) is 0. The SMILES string of the molecule is CC(C)OC(=O)C1CC(OC(C)C)CN1C(C)C. The minimum atomic E-state index is -0.156. The van der Waals surface area contributed by atoms with Crippen LogP contribution in [0, 0.1) is 0 Å². The van der Waals surface area contributed by atoms with Gasteiger partial charge in [-0.15, -0.1) is 0 Å². The van der Waals surface area contributed by atoms with Gasteiger partial charge >= 0.3 is 5.97 Å². The highest BCUT2D eigenvalue weighted by molar-refractivity contribution is 5.76. The first-order valence-corrected chi connectivity index (χ1v) is 6.93. The fourth-order valence-electron chi connectivity index (χ4n) is 2.42. The Kier molecular flexibility index (Phi) is 5.60. The number of nitrogens with zero attached hydrogens (tertiary/aromatic N) is 1. The zero-order valence-corrected chi connectivity index (χ0v) is 12.5. The van der Waals surface area contributed by atoms with Crippen LogP contribution in [0.25, 0.3) is 0 Å². The highest BCUT2D eigenvalue weighted by Crippen LogP contribution is 2.25. The fourth-order valence-corrected chi connectivity index (χ4v) is 2.42. The van der Waals surface area contributed by atoms with Gasteiger partial charge in [-0.1, -0.05) is 0 Å². The van der Waals surface area contributed by atoms with Crippen LogP contribution in [-0.4, -0.2) is 47.8 Å². The quantitative estimate of drug-likeness (QED) is 0.708. The lowest BCUT2D eigenvalue weighted by atomic mass is 10.2. The van der Waals surface area contributed by atoms with E-state index in [0.29, 0.717) is 6.04 Å². The van der Waals surface area contributed by atoms with Gasteiger partial charge in [0, 0.05) is 19.0 Å². The predicted octanol–water partition coefficient (Wildman–Crippen LogP) is 2.21. The van der Waals surface area contributed by atoms with Gasteiger partial charge in [0.1, 0.15) is 6.04 Å². The van der Waals surface area contributed by atoms with E-state index in [9.17, 15) is 4.79 Å². The summed E-state index contributed by atoms with van der Waals surface area (Å²) in [5.74, 6) is -0.117. The monoisotopic (exact) mass is 257 g/mol. The van der Waals surface area contributed by atoms with Crippen molar-refractivity contribution < 1.29 is 14.3 Å². The highest BCUT2D eigenvalue weighted by Gasteiger charge is 2.40. The molecule has 1 fully saturated rings. The standard InChI is InChI=1S/C14H27NO3/c1-9(2)15-8-12(17-10(3)4)7-13(15)14(16)18-11(5)6/h9-13H,7-8H2,1-6H3. The Morgan fingerprint density at radius 2 is 1.72 bits per heavy atom. The number of likely N-dealkylation sites (tertiary alicyclic amines) is 1. The largest absolute Gasteiger partial charge is 0.462 e. The molecule has 0 aromatic carbocycles. The first-order chi connectivity index (χ1) is 8.31. The normalized spacial score (nSPS) is 25.4. The average Bonchev–Trinajstić information content (AvgIpc) is 2.59. The second kappa shape index (κ2) is 6.53. The Labute approximate surface area is 111 Å². The second-order valence-electron chi connectivity index (χ2n) is 5.83. The topological polar surface area (TPSA) is 38.8 Å². The lowest BCUT2D eigenvalue weighted by Crippen LogP contribution is -2.42. The molecule has 0 aliphatic carbocycles. The summed E-state index contributed by atoms with van der Waals surface area (Å²) >= 11 is 0. The van der Waals surface area contributed by atoms with E-state index in [1.165, 1.54) is 0 Å². The van der Waals surface area contributed by atoms with E-state index in [1.54, 1.807) is 0 Å². The molecule has 1 rings (SSSR count).